The Morgan fingerprint density at radius 1 is 1.16 bits per heavy atom. The summed E-state index contributed by atoms with van der Waals surface area (Å²) >= 11 is 0. The Labute approximate surface area is 149 Å². The molecule has 4 nitrogen and oxygen atoms in total. The first-order valence-corrected chi connectivity index (χ1v) is 9.61. The molecule has 0 spiro atoms. The molecule has 0 aromatic heterocycles. The van der Waals surface area contributed by atoms with Gasteiger partial charge < -0.3 is 11.1 Å². The topological polar surface area (TPSA) is 72.2 Å². The Kier molecular flexibility index (Phi) is 4.09. The van der Waals surface area contributed by atoms with E-state index in [4.69, 9.17) is 5.73 Å². The molecule has 4 fully saturated rings. The van der Waals surface area contributed by atoms with Crippen molar-refractivity contribution >= 4 is 11.8 Å². The van der Waals surface area contributed by atoms with E-state index >= 15 is 0 Å². The van der Waals surface area contributed by atoms with Gasteiger partial charge in [0.25, 0.3) is 0 Å². The number of rotatable bonds is 5. The van der Waals surface area contributed by atoms with Crippen LogP contribution in [-0.2, 0) is 16.0 Å². The third kappa shape index (κ3) is 2.96. The second-order valence-corrected chi connectivity index (χ2v) is 8.74. The number of carbonyl (C=O) groups is 2. The molecule has 0 radical (unpaired) electrons. The van der Waals surface area contributed by atoms with Gasteiger partial charge in [0, 0.05) is 17.4 Å². The molecule has 5 rings (SSSR count). The standard InChI is InChI=1S/C21H28N2O2/c1-13(7-14-5-3-2-4-6-14)19(24)23-18-16-8-15-9-17(18)12-21(10-15,11-16)20(22)25/h2-6,13,15-18H,7-12H2,1H3,(H2,22,25)(H,23,24)/t13?,15?,16-,17+,18?,21?. The molecule has 4 saturated carbocycles. The van der Waals surface area contributed by atoms with Gasteiger partial charge in [0.15, 0.2) is 0 Å². The van der Waals surface area contributed by atoms with Gasteiger partial charge in [0.1, 0.15) is 0 Å². The summed E-state index contributed by atoms with van der Waals surface area (Å²) in [5, 5.41) is 3.35. The van der Waals surface area contributed by atoms with Gasteiger partial charge in [-0.05, 0) is 61.8 Å². The Balaban J connectivity index is 1.42. The van der Waals surface area contributed by atoms with Crippen LogP contribution in [0.4, 0.5) is 0 Å². The van der Waals surface area contributed by atoms with Crippen molar-refractivity contribution in [3.63, 3.8) is 0 Å². The summed E-state index contributed by atoms with van der Waals surface area (Å²) in [5.41, 5.74) is 6.66. The van der Waals surface area contributed by atoms with Crippen molar-refractivity contribution in [2.24, 2.45) is 34.8 Å². The van der Waals surface area contributed by atoms with Gasteiger partial charge >= 0.3 is 0 Å². The maximum absolute atomic E-state index is 12.8. The van der Waals surface area contributed by atoms with Crippen LogP contribution in [0.3, 0.4) is 0 Å². The molecule has 0 heterocycles. The molecule has 0 saturated heterocycles. The molecule has 0 aliphatic heterocycles. The van der Waals surface area contributed by atoms with Crippen LogP contribution in [0.5, 0.6) is 0 Å². The van der Waals surface area contributed by atoms with E-state index < -0.39 is 0 Å². The van der Waals surface area contributed by atoms with E-state index in [1.807, 2.05) is 25.1 Å². The molecule has 4 bridgehead atoms. The van der Waals surface area contributed by atoms with Gasteiger partial charge in [0.05, 0.1) is 0 Å². The minimum Gasteiger partial charge on any atom is -0.369 e. The van der Waals surface area contributed by atoms with Gasteiger partial charge in [-0.15, -0.1) is 0 Å². The molecule has 4 heteroatoms. The van der Waals surface area contributed by atoms with E-state index in [0.29, 0.717) is 17.8 Å². The van der Waals surface area contributed by atoms with Crippen molar-refractivity contribution < 1.29 is 9.59 Å². The van der Waals surface area contributed by atoms with Crippen LogP contribution in [0.15, 0.2) is 30.3 Å². The Hall–Kier alpha value is -1.84. The van der Waals surface area contributed by atoms with Crippen molar-refractivity contribution in [3.8, 4) is 0 Å². The zero-order chi connectivity index (χ0) is 17.6. The van der Waals surface area contributed by atoms with Gasteiger partial charge in [-0.1, -0.05) is 37.3 Å². The van der Waals surface area contributed by atoms with Crippen molar-refractivity contribution in [1.29, 1.82) is 0 Å². The lowest BCUT2D eigenvalue weighted by molar-refractivity contribution is -0.147. The van der Waals surface area contributed by atoms with E-state index in [1.54, 1.807) is 0 Å². The first-order chi connectivity index (χ1) is 12.0. The fraction of sp³-hybridized carbons (Fsp3) is 0.619. The zero-order valence-electron chi connectivity index (χ0n) is 14.9. The maximum atomic E-state index is 12.8. The molecule has 3 N–H and O–H groups in total. The summed E-state index contributed by atoms with van der Waals surface area (Å²) < 4.78 is 0. The van der Waals surface area contributed by atoms with Crippen LogP contribution in [0.1, 0.15) is 44.6 Å². The van der Waals surface area contributed by atoms with Crippen LogP contribution < -0.4 is 11.1 Å². The van der Waals surface area contributed by atoms with Crippen LogP contribution in [0, 0.1) is 29.1 Å². The average Bonchev–Trinajstić information content (AvgIpc) is 2.58. The summed E-state index contributed by atoms with van der Waals surface area (Å²) in [7, 11) is 0. The lowest BCUT2D eigenvalue weighted by Gasteiger charge is -2.58. The molecule has 6 atom stereocenters. The molecule has 4 aliphatic rings. The van der Waals surface area contributed by atoms with Crippen LogP contribution in [-0.4, -0.2) is 17.9 Å². The summed E-state index contributed by atoms with van der Waals surface area (Å²) in [6.45, 7) is 2.00. The average molecular weight is 340 g/mol. The largest absolute Gasteiger partial charge is 0.369 e. The summed E-state index contributed by atoms with van der Waals surface area (Å²) in [6, 6.07) is 10.4. The highest BCUT2D eigenvalue weighted by Gasteiger charge is 2.58. The van der Waals surface area contributed by atoms with E-state index in [2.05, 4.69) is 17.4 Å². The first kappa shape index (κ1) is 16.6. The van der Waals surface area contributed by atoms with E-state index in [1.165, 1.54) is 5.56 Å². The number of nitrogens with one attached hydrogen (secondary N) is 1. The minimum absolute atomic E-state index is 0.0373. The molecule has 4 aliphatic carbocycles. The maximum Gasteiger partial charge on any atom is 0.223 e. The fourth-order valence-electron chi connectivity index (χ4n) is 5.93. The smallest absolute Gasteiger partial charge is 0.223 e. The normalized spacial score (nSPS) is 36.8. The third-order valence-corrected chi connectivity index (χ3v) is 6.94. The lowest BCUT2D eigenvalue weighted by Crippen LogP contribution is -2.62. The molecular formula is C21H28N2O2. The quantitative estimate of drug-likeness (QED) is 0.865. The number of carbonyl (C=O) groups excluding carboxylic acids is 2. The molecule has 134 valence electrons. The SMILES string of the molecule is CC(Cc1ccccc1)C(=O)NC1[C@@H]2CC3C[C@H]1CC(C(N)=O)(C3)C2. The van der Waals surface area contributed by atoms with Crippen molar-refractivity contribution in [1.82, 2.24) is 5.32 Å². The molecule has 25 heavy (non-hydrogen) atoms. The second kappa shape index (κ2) is 6.15. The van der Waals surface area contributed by atoms with Crippen molar-refractivity contribution in [2.75, 3.05) is 0 Å². The Bertz CT molecular complexity index is 656. The van der Waals surface area contributed by atoms with Crippen molar-refractivity contribution in [3.05, 3.63) is 35.9 Å². The van der Waals surface area contributed by atoms with Crippen LogP contribution in [0.25, 0.3) is 0 Å². The molecule has 2 amide bonds. The number of hydrogen-bond acceptors (Lipinski definition) is 2. The summed E-state index contributed by atoms with van der Waals surface area (Å²) in [4.78, 5) is 24.8. The molecule has 1 aromatic rings. The highest BCUT2D eigenvalue weighted by atomic mass is 16.2. The predicted molar refractivity (Wildman–Crippen MR) is 96.4 cm³/mol. The van der Waals surface area contributed by atoms with Crippen LogP contribution >= 0.6 is 0 Å². The lowest BCUT2D eigenvalue weighted by atomic mass is 9.47. The van der Waals surface area contributed by atoms with Gasteiger partial charge in [0.2, 0.25) is 11.8 Å². The predicted octanol–water partition coefficient (Wildman–Crippen LogP) is 2.66. The highest BCUT2D eigenvalue weighted by molar-refractivity contribution is 5.82. The minimum atomic E-state index is -0.284. The molecular weight excluding hydrogens is 312 g/mol. The Morgan fingerprint density at radius 2 is 1.80 bits per heavy atom. The number of nitrogens with two attached hydrogens (primary N) is 1. The number of benzene rings is 1. The van der Waals surface area contributed by atoms with E-state index in [-0.39, 0.29) is 29.2 Å². The van der Waals surface area contributed by atoms with E-state index in [9.17, 15) is 9.59 Å². The molecule has 4 unspecified atom stereocenters. The number of amides is 2. The zero-order valence-corrected chi connectivity index (χ0v) is 14.9. The fourth-order valence-corrected chi connectivity index (χ4v) is 5.93. The first-order valence-electron chi connectivity index (χ1n) is 9.61. The summed E-state index contributed by atoms with van der Waals surface area (Å²) in [6.07, 6.45) is 5.76. The third-order valence-electron chi connectivity index (χ3n) is 6.94. The van der Waals surface area contributed by atoms with E-state index in [0.717, 1.165) is 38.5 Å². The Morgan fingerprint density at radius 3 is 2.40 bits per heavy atom. The monoisotopic (exact) mass is 340 g/mol. The highest BCUT2D eigenvalue weighted by Crippen LogP contribution is 2.59. The second-order valence-electron chi connectivity index (χ2n) is 8.74. The van der Waals surface area contributed by atoms with Crippen molar-refractivity contribution in [2.45, 2.75) is 51.5 Å². The molecule has 1 aromatic carbocycles. The number of primary amides is 1. The summed E-state index contributed by atoms with van der Waals surface area (Å²) in [5.74, 6) is 1.46. The van der Waals surface area contributed by atoms with Gasteiger partial charge in [-0.3, -0.25) is 9.59 Å². The van der Waals surface area contributed by atoms with Gasteiger partial charge in [-0.25, -0.2) is 0 Å². The van der Waals surface area contributed by atoms with Gasteiger partial charge in [-0.2, -0.15) is 0 Å². The number of hydrogen-bond donors (Lipinski definition) is 2. The van der Waals surface area contributed by atoms with Crippen LogP contribution in [0.2, 0.25) is 0 Å².